The van der Waals surface area contributed by atoms with Crippen LogP contribution in [-0.4, -0.2) is 24.9 Å². The minimum absolute atomic E-state index is 0.248. The summed E-state index contributed by atoms with van der Waals surface area (Å²) in [7, 11) is 2.98. The van der Waals surface area contributed by atoms with Crippen LogP contribution in [0.3, 0.4) is 0 Å². The predicted molar refractivity (Wildman–Crippen MR) is 100 cm³/mol. The molecule has 0 aliphatic carbocycles. The second-order valence-corrected chi connectivity index (χ2v) is 6.60. The van der Waals surface area contributed by atoms with E-state index in [0.29, 0.717) is 27.2 Å². The quantitative estimate of drug-likeness (QED) is 0.400. The van der Waals surface area contributed by atoms with Gasteiger partial charge in [0, 0.05) is 19.7 Å². The van der Waals surface area contributed by atoms with Crippen molar-refractivity contribution in [2.75, 3.05) is 5.75 Å². The molecule has 25 heavy (non-hydrogen) atoms. The van der Waals surface area contributed by atoms with Crippen molar-refractivity contribution in [1.82, 2.24) is 19.1 Å². The van der Waals surface area contributed by atoms with Gasteiger partial charge in [0.15, 0.2) is 11.5 Å². The number of halogens is 1. The molecular formula is C17H13ClN4O2S. The van der Waals surface area contributed by atoms with Crippen LogP contribution in [0.1, 0.15) is 0 Å². The summed E-state index contributed by atoms with van der Waals surface area (Å²) in [6.45, 7) is 0. The Kier molecular flexibility index (Phi) is 4.66. The van der Waals surface area contributed by atoms with Gasteiger partial charge >= 0.3 is 5.69 Å². The van der Waals surface area contributed by atoms with Crippen LogP contribution >= 0.6 is 23.4 Å². The molecule has 0 saturated heterocycles. The maximum absolute atomic E-state index is 12.6. The molecule has 0 unspecified atom stereocenters. The normalized spacial score (nSPS) is 10.8. The number of aromatic nitrogens is 4. The molecule has 0 radical (unpaired) electrons. The van der Waals surface area contributed by atoms with Crippen molar-refractivity contribution in [3.63, 3.8) is 0 Å². The van der Waals surface area contributed by atoms with Crippen molar-refractivity contribution in [2.24, 2.45) is 14.1 Å². The standard InChI is InChI=1S/C17H13ClN4O2S/c1-4-9-25-15-12-14(21(2)17(24)22(3)16(12)23)19-13(20-15)10-7-5-6-8-11(10)18/h1,5-8H,9H2,2-3H3. The lowest BCUT2D eigenvalue weighted by Crippen LogP contribution is -2.37. The predicted octanol–water partition coefficient (Wildman–Crippen LogP) is 2.07. The average molecular weight is 373 g/mol. The summed E-state index contributed by atoms with van der Waals surface area (Å²) >= 11 is 7.48. The second kappa shape index (κ2) is 6.75. The third-order valence-electron chi connectivity index (χ3n) is 3.67. The molecule has 0 N–H and O–H groups in total. The monoisotopic (exact) mass is 372 g/mol. The van der Waals surface area contributed by atoms with Crippen molar-refractivity contribution < 1.29 is 0 Å². The number of hydrogen-bond acceptors (Lipinski definition) is 5. The Bertz CT molecular complexity index is 1140. The minimum Gasteiger partial charge on any atom is -0.280 e. The van der Waals surface area contributed by atoms with Gasteiger partial charge in [-0.25, -0.2) is 14.8 Å². The Labute approximate surface area is 152 Å². The molecule has 3 rings (SSSR count). The maximum atomic E-state index is 12.6. The fourth-order valence-corrected chi connectivity index (χ4v) is 3.32. The van der Waals surface area contributed by atoms with Crippen LogP contribution in [-0.2, 0) is 14.1 Å². The molecule has 0 atom stereocenters. The van der Waals surface area contributed by atoms with Crippen molar-refractivity contribution >= 4 is 34.4 Å². The van der Waals surface area contributed by atoms with Gasteiger partial charge in [-0.2, -0.15) is 0 Å². The van der Waals surface area contributed by atoms with Gasteiger partial charge in [-0.05, 0) is 12.1 Å². The number of hydrogen-bond donors (Lipinski definition) is 0. The first-order valence-corrected chi connectivity index (χ1v) is 8.61. The SMILES string of the molecule is C#CCSc1nc(-c2ccccc2Cl)nc2c1c(=O)n(C)c(=O)n2C. The van der Waals surface area contributed by atoms with Gasteiger partial charge in [0.25, 0.3) is 5.56 Å². The third kappa shape index (κ3) is 2.95. The molecular weight excluding hydrogens is 360 g/mol. The van der Waals surface area contributed by atoms with Crippen LogP contribution in [0.2, 0.25) is 5.02 Å². The molecule has 0 bridgehead atoms. The number of aryl methyl sites for hydroxylation is 1. The fraction of sp³-hybridized carbons (Fsp3) is 0.176. The summed E-state index contributed by atoms with van der Waals surface area (Å²) in [6, 6.07) is 7.11. The van der Waals surface area contributed by atoms with Crippen molar-refractivity contribution in [2.45, 2.75) is 5.03 Å². The van der Waals surface area contributed by atoms with Crippen LogP contribution in [0.4, 0.5) is 0 Å². The molecule has 0 spiro atoms. The molecule has 0 fully saturated rings. The van der Waals surface area contributed by atoms with E-state index in [1.807, 2.05) is 6.07 Å². The van der Waals surface area contributed by atoms with Crippen LogP contribution < -0.4 is 11.2 Å². The van der Waals surface area contributed by atoms with Gasteiger partial charge in [-0.1, -0.05) is 41.4 Å². The zero-order valence-electron chi connectivity index (χ0n) is 13.5. The Morgan fingerprint density at radius 2 is 1.92 bits per heavy atom. The molecule has 0 aliphatic rings. The largest absolute Gasteiger partial charge is 0.332 e. The first-order chi connectivity index (χ1) is 12.0. The van der Waals surface area contributed by atoms with Gasteiger partial charge < -0.3 is 0 Å². The van der Waals surface area contributed by atoms with Crippen molar-refractivity contribution in [3.05, 3.63) is 50.1 Å². The topological polar surface area (TPSA) is 69.8 Å². The smallest absolute Gasteiger partial charge is 0.280 e. The maximum Gasteiger partial charge on any atom is 0.332 e. The number of rotatable bonds is 3. The first-order valence-electron chi connectivity index (χ1n) is 7.24. The molecule has 1 aromatic carbocycles. The summed E-state index contributed by atoms with van der Waals surface area (Å²) in [5.74, 6) is 3.18. The average Bonchev–Trinajstić information content (AvgIpc) is 2.62. The van der Waals surface area contributed by atoms with E-state index in [4.69, 9.17) is 18.0 Å². The molecule has 6 nitrogen and oxygen atoms in total. The van der Waals surface area contributed by atoms with Crippen LogP contribution in [0.5, 0.6) is 0 Å². The van der Waals surface area contributed by atoms with Gasteiger partial charge in [0.2, 0.25) is 0 Å². The molecule has 3 aromatic rings. The summed E-state index contributed by atoms with van der Waals surface area (Å²) < 4.78 is 2.35. The Morgan fingerprint density at radius 1 is 1.20 bits per heavy atom. The Morgan fingerprint density at radius 3 is 2.60 bits per heavy atom. The highest BCUT2D eigenvalue weighted by Crippen LogP contribution is 2.29. The van der Waals surface area contributed by atoms with Gasteiger partial charge in [-0.15, -0.1) is 6.42 Å². The van der Waals surface area contributed by atoms with Gasteiger partial charge in [0.1, 0.15) is 10.4 Å². The summed E-state index contributed by atoms with van der Waals surface area (Å²) in [4.78, 5) is 33.7. The van der Waals surface area contributed by atoms with Crippen LogP contribution in [0.25, 0.3) is 22.4 Å². The molecule has 2 heterocycles. The number of fused-ring (bicyclic) bond motifs is 1. The Balaban J connectivity index is 2.44. The summed E-state index contributed by atoms with van der Waals surface area (Å²) in [6.07, 6.45) is 5.34. The van der Waals surface area contributed by atoms with E-state index in [-0.39, 0.29) is 11.0 Å². The molecule has 0 aliphatic heterocycles. The minimum atomic E-state index is -0.464. The van der Waals surface area contributed by atoms with Crippen molar-refractivity contribution in [3.8, 4) is 23.7 Å². The van der Waals surface area contributed by atoms with E-state index in [1.165, 1.54) is 23.4 Å². The van der Waals surface area contributed by atoms with E-state index >= 15 is 0 Å². The highest BCUT2D eigenvalue weighted by atomic mass is 35.5. The van der Waals surface area contributed by atoms with E-state index in [2.05, 4.69) is 15.9 Å². The van der Waals surface area contributed by atoms with E-state index < -0.39 is 11.2 Å². The molecule has 8 heteroatoms. The van der Waals surface area contributed by atoms with Crippen LogP contribution in [0, 0.1) is 12.3 Å². The summed E-state index contributed by atoms with van der Waals surface area (Å²) in [5.41, 5.74) is -0.0585. The lowest BCUT2D eigenvalue weighted by Gasteiger charge is -2.12. The fourth-order valence-electron chi connectivity index (χ4n) is 2.41. The molecule has 126 valence electrons. The van der Waals surface area contributed by atoms with E-state index in [0.717, 1.165) is 4.57 Å². The second-order valence-electron chi connectivity index (χ2n) is 5.23. The zero-order chi connectivity index (χ0) is 18.1. The lowest BCUT2D eigenvalue weighted by atomic mass is 10.2. The first kappa shape index (κ1) is 17.3. The third-order valence-corrected chi connectivity index (χ3v) is 4.88. The Hall–Kier alpha value is -2.56. The van der Waals surface area contributed by atoms with E-state index in [1.54, 1.807) is 25.2 Å². The lowest BCUT2D eigenvalue weighted by molar-refractivity contribution is 0.703. The van der Waals surface area contributed by atoms with Crippen LogP contribution in [0.15, 0.2) is 38.9 Å². The molecule has 2 aromatic heterocycles. The van der Waals surface area contributed by atoms with Gasteiger partial charge in [-0.3, -0.25) is 13.9 Å². The number of thioether (sulfide) groups is 1. The highest BCUT2D eigenvalue weighted by molar-refractivity contribution is 7.99. The summed E-state index contributed by atoms with van der Waals surface area (Å²) in [5, 5.41) is 1.17. The zero-order valence-corrected chi connectivity index (χ0v) is 15.1. The van der Waals surface area contributed by atoms with E-state index in [9.17, 15) is 9.59 Å². The number of benzene rings is 1. The number of nitrogens with zero attached hydrogens (tertiary/aromatic N) is 4. The highest BCUT2D eigenvalue weighted by Gasteiger charge is 2.18. The molecule has 0 amide bonds. The molecule has 0 saturated carbocycles. The van der Waals surface area contributed by atoms with Gasteiger partial charge in [0.05, 0.1) is 10.8 Å². The van der Waals surface area contributed by atoms with Crippen molar-refractivity contribution in [1.29, 1.82) is 0 Å². The number of terminal acetylenes is 1.